The minimum absolute atomic E-state index is 0.0680. The zero-order chi connectivity index (χ0) is 14.0. The third-order valence-corrected chi connectivity index (χ3v) is 3.46. The molecule has 0 atom stereocenters. The van der Waals surface area contributed by atoms with E-state index in [1.54, 1.807) is 6.92 Å². The highest BCUT2D eigenvalue weighted by Gasteiger charge is 2.13. The summed E-state index contributed by atoms with van der Waals surface area (Å²) < 4.78 is 18.5. The van der Waals surface area contributed by atoms with Crippen molar-refractivity contribution in [2.75, 3.05) is 5.73 Å². The van der Waals surface area contributed by atoms with Gasteiger partial charge in [-0.1, -0.05) is 0 Å². The maximum Gasteiger partial charge on any atom is 0.338 e. The van der Waals surface area contributed by atoms with Crippen molar-refractivity contribution in [2.24, 2.45) is 0 Å². The molecule has 0 saturated heterocycles. The van der Waals surface area contributed by atoms with Crippen LogP contribution >= 0.6 is 11.3 Å². The van der Waals surface area contributed by atoms with Gasteiger partial charge < -0.3 is 10.5 Å². The summed E-state index contributed by atoms with van der Waals surface area (Å²) in [6.07, 6.45) is 0. The number of aromatic nitrogens is 1. The number of carbonyl (C=O) groups is 1. The van der Waals surface area contributed by atoms with Crippen LogP contribution in [0.3, 0.4) is 0 Å². The number of rotatable bonds is 3. The van der Waals surface area contributed by atoms with Crippen LogP contribution in [-0.2, 0) is 11.3 Å². The van der Waals surface area contributed by atoms with Gasteiger partial charge in [-0.25, -0.2) is 14.2 Å². The molecule has 1 aromatic heterocycles. The highest BCUT2D eigenvalue weighted by atomic mass is 32.1. The highest BCUT2D eigenvalue weighted by molar-refractivity contribution is 7.09. The number of anilines is 1. The van der Waals surface area contributed by atoms with Crippen LogP contribution < -0.4 is 5.73 Å². The van der Waals surface area contributed by atoms with Crippen LogP contribution in [0.5, 0.6) is 0 Å². The molecule has 4 nitrogen and oxygen atoms in total. The summed E-state index contributed by atoms with van der Waals surface area (Å²) in [5, 5.41) is 2.71. The minimum atomic E-state index is -0.615. The summed E-state index contributed by atoms with van der Waals surface area (Å²) in [5.41, 5.74) is 6.95. The van der Waals surface area contributed by atoms with Gasteiger partial charge in [-0.05, 0) is 26.0 Å². The van der Waals surface area contributed by atoms with Gasteiger partial charge in [0.1, 0.15) is 12.4 Å². The van der Waals surface area contributed by atoms with Crippen LogP contribution in [0.4, 0.5) is 10.1 Å². The predicted octanol–water partition coefficient (Wildman–Crippen LogP) is 2.84. The molecule has 100 valence electrons. The van der Waals surface area contributed by atoms with Gasteiger partial charge in [0, 0.05) is 16.6 Å². The van der Waals surface area contributed by atoms with E-state index >= 15 is 0 Å². The van der Waals surface area contributed by atoms with Gasteiger partial charge in [0.05, 0.1) is 16.3 Å². The molecule has 0 aliphatic heterocycles. The van der Waals surface area contributed by atoms with E-state index in [1.807, 2.05) is 12.3 Å². The monoisotopic (exact) mass is 280 g/mol. The molecule has 0 aliphatic rings. The van der Waals surface area contributed by atoms with Crippen LogP contribution in [-0.4, -0.2) is 11.0 Å². The normalized spacial score (nSPS) is 10.5. The zero-order valence-electron chi connectivity index (χ0n) is 10.6. The molecule has 0 bridgehead atoms. The molecule has 0 amide bonds. The zero-order valence-corrected chi connectivity index (χ0v) is 11.4. The lowest BCUT2D eigenvalue weighted by Gasteiger charge is -2.06. The van der Waals surface area contributed by atoms with E-state index in [2.05, 4.69) is 4.98 Å². The number of hydrogen-bond donors (Lipinski definition) is 1. The number of esters is 1. The number of hydrogen-bond acceptors (Lipinski definition) is 5. The second kappa shape index (κ2) is 5.36. The number of nitrogen functional groups attached to an aromatic ring is 1. The lowest BCUT2D eigenvalue weighted by Crippen LogP contribution is -2.07. The molecule has 2 rings (SSSR count). The SMILES string of the molecule is Cc1nc(COC(=O)c2cc(N)c(C)c(F)c2)cs1. The summed E-state index contributed by atoms with van der Waals surface area (Å²) in [6.45, 7) is 3.49. The molecule has 2 N–H and O–H groups in total. The first kappa shape index (κ1) is 13.5. The number of halogens is 1. The molecule has 0 unspecified atom stereocenters. The first-order valence-electron chi connectivity index (χ1n) is 5.61. The first-order valence-corrected chi connectivity index (χ1v) is 6.49. The highest BCUT2D eigenvalue weighted by Crippen LogP contribution is 2.18. The van der Waals surface area contributed by atoms with E-state index < -0.39 is 11.8 Å². The Kier molecular flexibility index (Phi) is 3.80. The van der Waals surface area contributed by atoms with Gasteiger partial charge in [-0.15, -0.1) is 11.3 Å². The number of nitrogens with two attached hydrogens (primary N) is 1. The van der Waals surface area contributed by atoms with Crippen LogP contribution in [0.1, 0.15) is 26.6 Å². The van der Waals surface area contributed by atoms with E-state index in [0.29, 0.717) is 11.3 Å². The van der Waals surface area contributed by atoms with E-state index in [-0.39, 0.29) is 17.9 Å². The molecule has 0 radical (unpaired) electrons. The Bertz CT molecular complexity index is 602. The number of nitrogens with zero attached hydrogens (tertiary/aromatic N) is 1. The predicted molar refractivity (Wildman–Crippen MR) is 71.5 cm³/mol. The van der Waals surface area contributed by atoms with Crippen molar-refractivity contribution >= 4 is 23.0 Å². The molecular formula is C13H13FN2O2S. The van der Waals surface area contributed by atoms with Gasteiger partial charge in [-0.2, -0.15) is 0 Å². The third-order valence-electron chi connectivity index (χ3n) is 2.64. The van der Waals surface area contributed by atoms with Crippen molar-refractivity contribution in [1.29, 1.82) is 0 Å². The molecule has 1 aromatic carbocycles. The van der Waals surface area contributed by atoms with Crippen molar-refractivity contribution in [2.45, 2.75) is 20.5 Å². The molecule has 19 heavy (non-hydrogen) atoms. The smallest absolute Gasteiger partial charge is 0.338 e. The fraction of sp³-hybridized carbons (Fsp3) is 0.231. The van der Waals surface area contributed by atoms with Gasteiger partial charge in [0.2, 0.25) is 0 Å². The second-order valence-electron chi connectivity index (χ2n) is 4.11. The third kappa shape index (κ3) is 3.08. The Balaban J connectivity index is 2.08. The molecule has 0 spiro atoms. The van der Waals surface area contributed by atoms with Crippen molar-refractivity contribution in [3.05, 3.63) is 45.2 Å². The van der Waals surface area contributed by atoms with Gasteiger partial charge in [0.15, 0.2) is 0 Å². The number of carbonyl (C=O) groups excluding carboxylic acids is 1. The van der Waals surface area contributed by atoms with E-state index in [9.17, 15) is 9.18 Å². The van der Waals surface area contributed by atoms with E-state index in [0.717, 1.165) is 11.1 Å². The Morgan fingerprint density at radius 3 is 2.79 bits per heavy atom. The lowest BCUT2D eigenvalue weighted by molar-refractivity contribution is 0.0468. The number of thiazole rings is 1. The number of ether oxygens (including phenoxy) is 1. The van der Waals surface area contributed by atoms with Crippen LogP contribution in [0.2, 0.25) is 0 Å². The van der Waals surface area contributed by atoms with E-state index in [4.69, 9.17) is 10.5 Å². The minimum Gasteiger partial charge on any atom is -0.456 e. The summed E-state index contributed by atoms with van der Waals surface area (Å²) >= 11 is 1.48. The Hall–Kier alpha value is -1.95. The van der Waals surface area contributed by atoms with Crippen molar-refractivity contribution in [3.8, 4) is 0 Å². The van der Waals surface area contributed by atoms with Gasteiger partial charge in [-0.3, -0.25) is 0 Å². The topological polar surface area (TPSA) is 65.2 Å². The molecular weight excluding hydrogens is 267 g/mol. The number of benzene rings is 1. The molecule has 2 aromatic rings. The quantitative estimate of drug-likeness (QED) is 0.693. The summed E-state index contributed by atoms with van der Waals surface area (Å²) in [4.78, 5) is 15.9. The summed E-state index contributed by atoms with van der Waals surface area (Å²) in [5.74, 6) is -1.13. The molecule has 0 aliphatic carbocycles. The summed E-state index contributed by atoms with van der Waals surface area (Å²) in [7, 11) is 0. The van der Waals surface area contributed by atoms with Gasteiger partial charge in [0.25, 0.3) is 0 Å². The Labute approximate surface area is 114 Å². The molecule has 1 heterocycles. The lowest BCUT2D eigenvalue weighted by atomic mass is 10.1. The summed E-state index contributed by atoms with van der Waals surface area (Å²) in [6, 6.07) is 2.54. The Morgan fingerprint density at radius 1 is 1.47 bits per heavy atom. The largest absolute Gasteiger partial charge is 0.456 e. The fourth-order valence-corrected chi connectivity index (χ4v) is 2.11. The van der Waals surface area contributed by atoms with Crippen LogP contribution in [0, 0.1) is 19.7 Å². The van der Waals surface area contributed by atoms with Crippen molar-refractivity contribution < 1.29 is 13.9 Å². The molecule has 6 heteroatoms. The molecule has 0 saturated carbocycles. The average Bonchev–Trinajstić information content (AvgIpc) is 2.78. The number of aryl methyl sites for hydroxylation is 1. The van der Waals surface area contributed by atoms with Gasteiger partial charge >= 0.3 is 5.97 Å². The van der Waals surface area contributed by atoms with Crippen molar-refractivity contribution in [3.63, 3.8) is 0 Å². The van der Waals surface area contributed by atoms with Crippen LogP contribution in [0.25, 0.3) is 0 Å². The maximum atomic E-state index is 13.5. The Morgan fingerprint density at radius 2 is 2.21 bits per heavy atom. The van der Waals surface area contributed by atoms with E-state index in [1.165, 1.54) is 17.4 Å². The molecule has 0 fully saturated rings. The second-order valence-corrected chi connectivity index (χ2v) is 5.17. The first-order chi connectivity index (χ1) is 8.97. The maximum absolute atomic E-state index is 13.5. The van der Waals surface area contributed by atoms with Crippen LogP contribution in [0.15, 0.2) is 17.5 Å². The average molecular weight is 280 g/mol. The van der Waals surface area contributed by atoms with Crippen molar-refractivity contribution in [1.82, 2.24) is 4.98 Å². The fourth-order valence-electron chi connectivity index (χ4n) is 1.52. The standard InChI is InChI=1S/C13H13FN2O2S/c1-7-11(14)3-9(4-12(7)15)13(17)18-5-10-6-19-8(2)16-10/h3-4,6H,5,15H2,1-2H3.